The van der Waals surface area contributed by atoms with E-state index < -0.39 is 7.14 Å². The Morgan fingerprint density at radius 1 is 0.897 bits per heavy atom. The van der Waals surface area contributed by atoms with Crippen LogP contribution in [-0.2, 0) is 9.98 Å². The molecule has 0 aliphatic carbocycles. The molecule has 148 valence electrons. The van der Waals surface area contributed by atoms with Gasteiger partial charge in [-0.1, -0.05) is 69.3 Å². The zero-order chi connectivity index (χ0) is 20.8. The van der Waals surface area contributed by atoms with Crippen LogP contribution in [0.15, 0.2) is 71.3 Å². The van der Waals surface area contributed by atoms with Gasteiger partial charge in [-0.2, -0.15) is 0 Å². The van der Waals surface area contributed by atoms with Crippen LogP contribution in [0, 0.1) is 0 Å². The van der Waals surface area contributed by atoms with E-state index in [-0.39, 0.29) is 5.41 Å². The Morgan fingerprint density at radius 3 is 2.28 bits per heavy atom. The van der Waals surface area contributed by atoms with Gasteiger partial charge in [-0.25, -0.2) is 0 Å². The minimum atomic E-state index is -2.27. The Hall–Kier alpha value is -2.64. The van der Waals surface area contributed by atoms with Gasteiger partial charge >= 0.3 is 0 Å². The van der Waals surface area contributed by atoms with Crippen LogP contribution in [0.25, 0.3) is 33.6 Å². The van der Waals surface area contributed by atoms with Crippen LogP contribution in [0.2, 0.25) is 0 Å². The standard InChI is InChI=1S/C25H26NO2P/c1-25(2,3)19-8-6-7-18(15-19)21-13-14-26-22-16-23(28-24(21)22)17-9-11-20(12-10-17)29(4,5)27/h6-16H,1-5H3. The second kappa shape index (κ2) is 7.00. The van der Waals surface area contributed by atoms with Gasteiger partial charge in [0, 0.05) is 28.7 Å². The second-order valence-corrected chi connectivity index (χ2v) is 12.1. The molecule has 0 radical (unpaired) electrons. The highest BCUT2D eigenvalue weighted by Gasteiger charge is 2.17. The van der Waals surface area contributed by atoms with Crippen molar-refractivity contribution in [1.82, 2.24) is 4.98 Å². The summed E-state index contributed by atoms with van der Waals surface area (Å²) in [5.74, 6) is 0.764. The molecule has 4 rings (SSSR count). The summed E-state index contributed by atoms with van der Waals surface area (Å²) >= 11 is 0. The highest BCUT2D eigenvalue weighted by Crippen LogP contribution is 2.37. The highest BCUT2D eigenvalue weighted by atomic mass is 31.2. The summed E-state index contributed by atoms with van der Waals surface area (Å²) in [6.07, 6.45) is 1.83. The van der Waals surface area contributed by atoms with Crippen molar-refractivity contribution >= 4 is 23.5 Å². The van der Waals surface area contributed by atoms with E-state index in [1.807, 2.05) is 42.6 Å². The minimum Gasteiger partial charge on any atom is -0.454 e. The van der Waals surface area contributed by atoms with E-state index in [1.165, 1.54) is 5.56 Å². The lowest BCUT2D eigenvalue weighted by Gasteiger charge is -2.19. The molecule has 0 atom stereocenters. The largest absolute Gasteiger partial charge is 0.454 e. The molecule has 0 bridgehead atoms. The van der Waals surface area contributed by atoms with Gasteiger partial charge in [-0.15, -0.1) is 0 Å². The fourth-order valence-corrected chi connectivity index (χ4v) is 4.31. The zero-order valence-corrected chi connectivity index (χ0v) is 18.5. The van der Waals surface area contributed by atoms with E-state index in [2.05, 4.69) is 50.0 Å². The molecule has 29 heavy (non-hydrogen) atoms. The van der Waals surface area contributed by atoms with Crippen molar-refractivity contribution in [2.75, 3.05) is 13.3 Å². The van der Waals surface area contributed by atoms with E-state index in [4.69, 9.17) is 4.42 Å². The van der Waals surface area contributed by atoms with Crippen molar-refractivity contribution in [3.63, 3.8) is 0 Å². The molecule has 0 spiro atoms. The molecule has 0 aliphatic heterocycles. The van der Waals surface area contributed by atoms with Gasteiger partial charge in [0.2, 0.25) is 0 Å². The Labute approximate surface area is 172 Å². The molecule has 0 N–H and O–H groups in total. The molecule has 2 heterocycles. The van der Waals surface area contributed by atoms with Crippen molar-refractivity contribution in [3.8, 4) is 22.5 Å². The lowest BCUT2D eigenvalue weighted by molar-refractivity contribution is 0.588. The number of fused-ring (bicyclic) bond motifs is 1. The molecule has 4 heteroatoms. The van der Waals surface area contributed by atoms with Crippen LogP contribution >= 0.6 is 7.14 Å². The number of hydrogen-bond donors (Lipinski definition) is 0. The van der Waals surface area contributed by atoms with Crippen LogP contribution in [0.3, 0.4) is 0 Å². The van der Waals surface area contributed by atoms with E-state index in [0.717, 1.165) is 38.9 Å². The fourth-order valence-electron chi connectivity index (χ4n) is 3.45. The third-order valence-electron chi connectivity index (χ3n) is 5.23. The molecule has 0 saturated carbocycles. The number of benzene rings is 2. The summed E-state index contributed by atoms with van der Waals surface area (Å²) in [7, 11) is -2.27. The number of hydrogen-bond acceptors (Lipinski definition) is 3. The predicted octanol–water partition coefficient (Wildman–Crippen LogP) is 6.71. The Kier molecular flexibility index (Phi) is 4.75. The van der Waals surface area contributed by atoms with E-state index in [9.17, 15) is 4.57 Å². The summed E-state index contributed by atoms with van der Waals surface area (Å²) in [6, 6.07) is 20.3. The first-order chi connectivity index (χ1) is 13.6. The fraction of sp³-hybridized carbons (Fsp3) is 0.240. The van der Waals surface area contributed by atoms with Crippen LogP contribution in [0.1, 0.15) is 26.3 Å². The van der Waals surface area contributed by atoms with Crippen LogP contribution < -0.4 is 5.30 Å². The summed E-state index contributed by atoms with van der Waals surface area (Å²) in [4.78, 5) is 4.50. The van der Waals surface area contributed by atoms with Gasteiger partial charge in [-0.3, -0.25) is 4.98 Å². The first kappa shape index (κ1) is 19.7. The van der Waals surface area contributed by atoms with Gasteiger partial charge in [-0.05, 0) is 35.9 Å². The highest BCUT2D eigenvalue weighted by molar-refractivity contribution is 7.70. The summed E-state index contributed by atoms with van der Waals surface area (Å²) in [5.41, 5.74) is 6.10. The van der Waals surface area contributed by atoms with Gasteiger partial charge < -0.3 is 8.98 Å². The van der Waals surface area contributed by atoms with Crippen LogP contribution in [0.5, 0.6) is 0 Å². The number of rotatable bonds is 3. The third kappa shape index (κ3) is 3.93. The smallest absolute Gasteiger partial charge is 0.161 e. The van der Waals surface area contributed by atoms with Crippen LogP contribution in [0.4, 0.5) is 0 Å². The maximum absolute atomic E-state index is 12.3. The van der Waals surface area contributed by atoms with Gasteiger partial charge in [0.1, 0.15) is 18.4 Å². The van der Waals surface area contributed by atoms with Crippen molar-refractivity contribution in [2.45, 2.75) is 26.2 Å². The summed E-state index contributed by atoms with van der Waals surface area (Å²) < 4.78 is 18.5. The number of furan rings is 1. The molecule has 0 unspecified atom stereocenters. The predicted molar refractivity (Wildman–Crippen MR) is 123 cm³/mol. The molecule has 3 nitrogen and oxygen atoms in total. The van der Waals surface area contributed by atoms with Crippen LogP contribution in [-0.4, -0.2) is 18.3 Å². The van der Waals surface area contributed by atoms with E-state index in [1.54, 1.807) is 13.3 Å². The Morgan fingerprint density at radius 2 is 1.62 bits per heavy atom. The van der Waals surface area contributed by atoms with Gasteiger partial charge in [0.05, 0.1) is 0 Å². The van der Waals surface area contributed by atoms with Gasteiger partial charge in [0.15, 0.2) is 5.58 Å². The van der Waals surface area contributed by atoms with Crippen molar-refractivity contribution in [3.05, 3.63) is 72.4 Å². The lowest BCUT2D eigenvalue weighted by atomic mass is 9.85. The second-order valence-electron chi connectivity index (χ2n) is 8.91. The SMILES string of the molecule is CC(C)(C)c1cccc(-c2ccnc3cc(-c4ccc(P(C)(C)=O)cc4)oc23)c1. The first-order valence-corrected chi connectivity index (χ1v) is 12.4. The Balaban J connectivity index is 1.80. The average molecular weight is 403 g/mol. The summed E-state index contributed by atoms with van der Waals surface area (Å²) in [5, 5.41) is 0.871. The molecule has 0 amide bonds. The maximum atomic E-state index is 12.3. The maximum Gasteiger partial charge on any atom is 0.161 e. The molecule has 4 aromatic rings. The summed E-state index contributed by atoms with van der Waals surface area (Å²) in [6.45, 7) is 10.2. The zero-order valence-electron chi connectivity index (χ0n) is 17.6. The average Bonchev–Trinajstić information content (AvgIpc) is 3.11. The number of aromatic nitrogens is 1. The molecule has 0 saturated heterocycles. The van der Waals surface area contributed by atoms with E-state index in [0.29, 0.717) is 0 Å². The van der Waals surface area contributed by atoms with Crippen molar-refractivity contribution in [1.29, 1.82) is 0 Å². The normalized spacial score (nSPS) is 12.4. The number of pyridine rings is 1. The molecule has 2 aromatic heterocycles. The lowest BCUT2D eigenvalue weighted by Crippen LogP contribution is -2.10. The van der Waals surface area contributed by atoms with Crippen molar-refractivity contribution in [2.24, 2.45) is 0 Å². The van der Waals surface area contributed by atoms with Crippen molar-refractivity contribution < 1.29 is 8.98 Å². The number of nitrogens with zero attached hydrogens (tertiary/aromatic N) is 1. The minimum absolute atomic E-state index is 0.0796. The molecule has 0 aliphatic rings. The molecule has 0 fully saturated rings. The molecule has 2 aromatic carbocycles. The Bertz CT molecular complexity index is 1220. The molecular formula is C25H26NO2P. The van der Waals surface area contributed by atoms with Gasteiger partial charge in [0.25, 0.3) is 0 Å². The topological polar surface area (TPSA) is 43.1 Å². The first-order valence-electron chi connectivity index (χ1n) is 9.78. The quantitative estimate of drug-likeness (QED) is 0.357. The third-order valence-corrected chi connectivity index (χ3v) is 6.77. The molecular weight excluding hydrogens is 377 g/mol. The van der Waals surface area contributed by atoms with E-state index >= 15 is 0 Å². The monoisotopic (exact) mass is 403 g/mol.